The van der Waals surface area contributed by atoms with Gasteiger partial charge in [0.1, 0.15) is 6.10 Å². The van der Waals surface area contributed by atoms with E-state index >= 15 is 0 Å². The lowest BCUT2D eigenvalue weighted by molar-refractivity contribution is -0.219. The Hall–Kier alpha value is -0.610. The molecule has 1 heterocycles. The molecule has 4 heteroatoms. The Morgan fingerprint density at radius 1 is 0.862 bits per heavy atom. The van der Waals surface area contributed by atoms with E-state index in [1.54, 1.807) is 6.92 Å². The number of fused-ring (bicyclic) bond motifs is 5. The van der Waals surface area contributed by atoms with Gasteiger partial charge in [-0.2, -0.15) is 0 Å². The van der Waals surface area contributed by atoms with Crippen molar-refractivity contribution in [3.8, 4) is 0 Å². The fraction of sp³-hybridized carbons (Fsp3) is 0.960. The molecule has 164 valence electrons. The Balaban J connectivity index is 1.35. The van der Waals surface area contributed by atoms with E-state index in [0.29, 0.717) is 16.7 Å². The SMILES string of the molecule is CC(=O)O[C@H]1CC[C@]2(C)C3CC[C@@]4(C)C(CC[C@@H]4C4(C)OCCO4)C3CC[C@@H]2C1. The van der Waals surface area contributed by atoms with Gasteiger partial charge in [0.15, 0.2) is 5.79 Å². The van der Waals surface area contributed by atoms with Crippen LogP contribution in [-0.4, -0.2) is 31.1 Å². The molecular weight excluding hydrogens is 364 g/mol. The fourth-order valence-electron chi connectivity index (χ4n) is 9.15. The van der Waals surface area contributed by atoms with Crippen molar-refractivity contribution in [2.24, 2.45) is 40.4 Å². The van der Waals surface area contributed by atoms with E-state index in [-0.39, 0.29) is 17.9 Å². The Bertz CT molecular complexity index is 655. The van der Waals surface area contributed by atoms with Crippen LogP contribution in [0.3, 0.4) is 0 Å². The van der Waals surface area contributed by atoms with Gasteiger partial charge in [0, 0.05) is 12.8 Å². The maximum absolute atomic E-state index is 11.5. The minimum Gasteiger partial charge on any atom is -0.463 e. The standard InChI is InChI=1S/C25H40O4/c1-16(26)29-18-9-11-23(2)17(15-18)5-6-19-20-7-8-22(25(4)27-13-14-28-25)24(20,3)12-10-21(19)23/h17-22H,5-15H2,1-4H3/t17-,18+,19?,20?,21?,22+,23+,24+/m1/s1. The topological polar surface area (TPSA) is 44.8 Å². The summed E-state index contributed by atoms with van der Waals surface area (Å²) in [4.78, 5) is 11.5. The van der Waals surface area contributed by atoms with Crippen LogP contribution in [0, 0.1) is 40.4 Å². The molecule has 5 fully saturated rings. The second-order valence-electron chi connectivity index (χ2n) is 11.6. The van der Waals surface area contributed by atoms with Gasteiger partial charge in [0.05, 0.1) is 13.2 Å². The van der Waals surface area contributed by atoms with Crippen LogP contribution < -0.4 is 0 Å². The first-order valence-electron chi connectivity index (χ1n) is 12.2. The van der Waals surface area contributed by atoms with Crippen molar-refractivity contribution in [2.75, 3.05) is 13.2 Å². The summed E-state index contributed by atoms with van der Waals surface area (Å²) in [6.45, 7) is 10.4. The number of carbonyl (C=O) groups excluding carboxylic acids is 1. The number of hydrogen-bond donors (Lipinski definition) is 0. The van der Waals surface area contributed by atoms with Gasteiger partial charge in [-0.3, -0.25) is 4.79 Å². The van der Waals surface area contributed by atoms with Crippen LogP contribution in [0.1, 0.15) is 85.5 Å². The quantitative estimate of drug-likeness (QED) is 0.583. The molecule has 0 aromatic heterocycles. The van der Waals surface area contributed by atoms with Gasteiger partial charge in [0.25, 0.3) is 0 Å². The highest BCUT2D eigenvalue weighted by Gasteiger charge is 2.63. The van der Waals surface area contributed by atoms with Gasteiger partial charge in [-0.25, -0.2) is 0 Å². The number of rotatable bonds is 2. The third-order valence-corrected chi connectivity index (χ3v) is 10.4. The van der Waals surface area contributed by atoms with Gasteiger partial charge >= 0.3 is 5.97 Å². The van der Waals surface area contributed by atoms with E-state index in [1.165, 1.54) is 44.9 Å². The lowest BCUT2D eigenvalue weighted by atomic mass is 9.44. The van der Waals surface area contributed by atoms with Crippen molar-refractivity contribution in [3.05, 3.63) is 0 Å². The third-order valence-electron chi connectivity index (χ3n) is 10.4. The molecule has 4 saturated carbocycles. The van der Waals surface area contributed by atoms with Crippen LogP contribution in [0.15, 0.2) is 0 Å². The van der Waals surface area contributed by atoms with Gasteiger partial charge in [-0.1, -0.05) is 13.8 Å². The van der Waals surface area contributed by atoms with E-state index in [1.807, 2.05) is 0 Å². The van der Waals surface area contributed by atoms with Crippen LogP contribution in [0.4, 0.5) is 0 Å². The number of carbonyl (C=O) groups is 1. The van der Waals surface area contributed by atoms with Gasteiger partial charge in [-0.15, -0.1) is 0 Å². The lowest BCUT2D eigenvalue weighted by Gasteiger charge is -2.61. The summed E-state index contributed by atoms with van der Waals surface area (Å²) in [5, 5.41) is 0. The van der Waals surface area contributed by atoms with Crippen molar-refractivity contribution >= 4 is 5.97 Å². The summed E-state index contributed by atoms with van der Waals surface area (Å²) in [5.41, 5.74) is 0.793. The molecule has 0 aromatic rings. The summed E-state index contributed by atoms with van der Waals surface area (Å²) >= 11 is 0. The predicted molar refractivity (Wildman–Crippen MR) is 111 cm³/mol. The average Bonchev–Trinajstić information content (AvgIpc) is 3.25. The molecule has 0 radical (unpaired) electrons. The van der Waals surface area contributed by atoms with Crippen molar-refractivity contribution in [2.45, 2.75) is 97.4 Å². The normalized spacial score (nSPS) is 51.0. The molecule has 29 heavy (non-hydrogen) atoms. The molecule has 0 amide bonds. The van der Waals surface area contributed by atoms with E-state index in [2.05, 4.69) is 20.8 Å². The highest BCUT2D eigenvalue weighted by molar-refractivity contribution is 5.66. The number of ether oxygens (including phenoxy) is 3. The summed E-state index contributed by atoms with van der Waals surface area (Å²) in [5.74, 6) is 3.31. The average molecular weight is 405 g/mol. The first-order valence-corrected chi connectivity index (χ1v) is 12.2. The van der Waals surface area contributed by atoms with Crippen molar-refractivity contribution < 1.29 is 19.0 Å². The van der Waals surface area contributed by atoms with Crippen LogP contribution in [0.2, 0.25) is 0 Å². The molecule has 3 unspecified atom stereocenters. The molecule has 4 aliphatic carbocycles. The number of esters is 1. The van der Waals surface area contributed by atoms with Crippen molar-refractivity contribution in [3.63, 3.8) is 0 Å². The molecule has 0 aromatic carbocycles. The summed E-state index contributed by atoms with van der Waals surface area (Å²) in [7, 11) is 0. The minimum atomic E-state index is -0.362. The third kappa shape index (κ3) is 3.03. The maximum atomic E-state index is 11.5. The zero-order valence-corrected chi connectivity index (χ0v) is 18.9. The molecule has 0 bridgehead atoms. The molecule has 1 aliphatic heterocycles. The Morgan fingerprint density at radius 3 is 2.28 bits per heavy atom. The van der Waals surface area contributed by atoms with E-state index in [0.717, 1.165) is 49.7 Å². The van der Waals surface area contributed by atoms with Crippen LogP contribution in [0.25, 0.3) is 0 Å². The lowest BCUT2D eigenvalue weighted by Crippen LogP contribution is -2.55. The Labute approximate surface area is 176 Å². The largest absolute Gasteiger partial charge is 0.463 e. The monoisotopic (exact) mass is 404 g/mol. The van der Waals surface area contributed by atoms with Crippen LogP contribution >= 0.6 is 0 Å². The molecule has 0 N–H and O–H groups in total. The first kappa shape index (κ1) is 20.3. The molecule has 4 nitrogen and oxygen atoms in total. The van der Waals surface area contributed by atoms with Crippen LogP contribution in [-0.2, 0) is 19.0 Å². The van der Waals surface area contributed by atoms with Crippen LogP contribution in [0.5, 0.6) is 0 Å². The fourth-order valence-corrected chi connectivity index (χ4v) is 9.15. The molecule has 8 atom stereocenters. The zero-order chi connectivity index (χ0) is 20.4. The molecular formula is C25H40O4. The zero-order valence-electron chi connectivity index (χ0n) is 18.9. The van der Waals surface area contributed by atoms with E-state index in [9.17, 15) is 4.79 Å². The smallest absolute Gasteiger partial charge is 0.302 e. The van der Waals surface area contributed by atoms with Gasteiger partial charge in [-0.05, 0) is 99.2 Å². The van der Waals surface area contributed by atoms with Gasteiger partial charge < -0.3 is 14.2 Å². The second-order valence-corrected chi connectivity index (χ2v) is 11.6. The van der Waals surface area contributed by atoms with Gasteiger partial charge in [0.2, 0.25) is 0 Å². The second kappa shape index (κ2) is 6.95. The summed E-state index contributed by atoms with van der Waals surface area (Å²) in [6.07, 6.45) is 11.5. The predicted octanol–water partition coefficient (Wildman–Crippen LogP) is 5.34. The summed E-state index contributed by atoms with van der Waals surface area (Å²) in [6, 6.07) is 0. The first-order chi connectivity index (χ1) is 13.8. The summed E-state index contributed by atoms with van der Waals surface area (Å²) < 4.78 is 17.9. The molecule has 5 aliphatic rings. The molecule has 0 spiro atoms. The highest BCUT2D eigenvalue weighted by atomic mass is 16.7. The van der Waals surface area contributed by atoms with E-state index in [4.69, 9.17) is 14.2 Å². The minimum absolute atomic E-state index is 0.109. The molecule has 1 saturated heterocycles. The van der Waals surface area contributed by atoms with E-state index < -0.39 is 0 Å². The Morgan fingerprint density at radius 2 is 1.55 bits per heavy atom. The van der Waals surface area contributed by atoms with Crippen molar-refractivity contribution in [1.82, 2.24) is 0 Å². The highest BCUT2D eigenvalue weighted by Crippen LogP contribution is 2.69. The number of hydrogen-bond acceptors (Lipinski definition) is 4. The maximum Gasteiger partial charge on any atom is 0.302 e. The van der Waals surface area contributed by atoms with Crippen molar-refractivity contribution in [1.29, 1.82) is 0 Å². The Kier molecular flexibility index (Phi) is 4.87. The molecule has 5 rings (SSSR count).